The van der Waals surface area contributed by atoms with Crippen LogP contribution in [0.5, 0.6) is 0 Å². The van der Waals surface area contributed by atoms with Crippen LogP contribution in [-0.2, 0) is 16.1 Å². The van der Waals surface area contributed by atoms with Gasteiger partial charge in [0.2, 0.25) is 0 Å². The van der Waals surface area contributed by atoms with E-state index in [0.717, 1.165) is 19.5 Å². The summed E-state index contributed by atoms with van der Waals surface area (Å²) in [6.07, 6.45) is 4.22. The fraction of sp³-hybridized carbons (Fsp3) is 0.588. The first-order chi connectivity index (χ1) is 10.1. The highest BCUT2D eigenvalue weighted by Gasteiger charge is 2.27. The fourth-order valence-corrected chi connectivity index (χ4v) is 3.12. The molecular formula is C17H26N2O2. The van der Waals surface area contributed by atoms with Gasteiger partial charge in [-0.3, -0.25) is 9.69 Å². The molecule has 1 aliphatic heterocycles. The largest absolute Gasteiger partial charge is 0.468 e. The van der Waals surface area contributed by atoms with E-state index in [9.17, 15) is 4.79 Å². The van der Waals surface area contributed by atoms with Crippen molar-refractivity contribution in [1.82, 2.24) is 4.90 Å². The van der Waals surface area contributed by atoms with Crippen molar-refractivity contribution in [3.63, 3.8) is 0 Å². The van der Waals surface area contributed by atoms with Gasteiger partial charge >= 0.3 is 5.97 Å². The highest BCUT2D eigenvalue weighted by atomic mass is 16.5. The number of likely N-dealkylation sites (tertiary alicyclic amines) is 1. The lowest BCUT2D eigenvalue weighted by atomic mass is 9.95. The number of carbonyl (C=O) groups excluding carboxylic acids is 1. The van der Waals surface area contributed by atoms with Gasteiger partial charge in [0, 0.05) is 12.6 Å². The summed E-state index contributed by atoms with van der Waals surface area (Å²) in [4.78, 5) is 14.0. The second-order valence-corrected chi connectivity index (χ2v) is 5.97. The number of esters is 1. The van der Waals surface area contributed by atoms with Gasteiger partial charge in [-0.2, -0.15) is 0 Å². The first-order valence-corrected chi connectivity index (χ1v) is 7.73. The molecule has 1 aliphatic rings. The number of hydrogen-bond acceptors (Lipinski definition) is 4. The molecule has 2 atom stereocenters. The molecule has 1 fully saturated rings. The second kappa shape index (κ2) is 7.57. The normalized spacial score (nSPS) is 21.0. The van der Waals surface area contributed by atoms with Gasteiger partial charge in [-0.05, 0) is 38.3 Å². The molecule has 2 rings (SSSR count). The van der Waals surface area contributed by atoms with Crippen LogP contribution in [0, 0.1) is 6.92 Å². The third-order valence-electron chi connectivity index (χ3n) is 4.25. The zero-order valence-electron chi connectivity index (χ0n) is 13.0. The van der Waals surface area contributed by atoms with E-state index in [0.29, 0.717) is 12.5 Å². The molecule has 0 spiro atoms. The highest BCUT2D eigenvalue weighted by Crippen LogP contribution is 2.23. The third kappa shape index (κ3) is 4.55. The van der Waals surface area contributed by atoms with Gasteiger partial charge in [-0.25, -0.2) is 0 Å². The number of ether oxygens (including phenoxy) is 1. The molecular weight excluding hydrogens is 264 g/mol. The van der Waals surface area contributed by atoms with Crippen LogP contribution in [0.25, 0.3) is 0 Å². The Labute approximate surface area is 127 Å². The smallest absolute Gasteiger partial charge is 0.322 e. The van der Waals surface area contributed by atoms with E-state index in [-0.39, 0.29) is 5.97 Å². The van der Waals surface area contributed by atoms with Crippen molar-refractivity contribution in [2.75, 3.05) is 13.7 Å². The molecule has 2 unspecified atom stereocenters. The molecule has 0 aliphatic carbocycles. The molecule has 1 aromatic carbocycles. The van der Waals surface area contributed by atoms with Crippen LogP contribution in [0.3, 0.4) is 0 Å². The maximum Gasteiger partial charge on any atom is 0.322 e. The van der Waals surface area contributed by atoms with E-state index < -0.39 is 6.04 Å². The Balaban J connectivity index is 2.00. The molecule has 21 heavy (non-hydrogen) atoms. The summed E-state index contributed by atoms with van der Waals surface area (Å²) in [5, 5.41) is 0. The highest BCUT2D eigenvalue weighted by molar-refractivity contribution is 5.75. The lowest BCUT2D eigenvalue weighted by molar-refractivity contribution is -0.142. The molecule has 116 valence electrons. The molecule has 1 saturated heterocycles. The third-order valence-corrected chi connectivity index (χ3v) is 4.25. The number of rotatable bonds is 5. The molecule has 0 aromatic heterocycles. The molecule has 0 radical (unpaired) electrons. The van der Waals surface area contributed by atoms with Crippen LogP contribution in [0.1, 0.15) is 36.8 Å². The summed E-state index contributed by atoms with van der Waals surface area (Å²) in [6.45, 7) is 4.12. The van der Waals surface area contributed by atoms with Crippen LogP contribution >= 0.6 is 0 Å². The van der Waals surface area contributed by atoms with E-state index >= 15 is 0 Å². The van der Waals surface area contributed by atoms with Gasteiger partial charge in [0.05, 0.1) is 7.11 Å². The molecule has 0 amide bonds. The number of methoxy groups -OCH3 is 1. The Morgan fingerprint density at radius 2 is 2.29 bits per heavy atom. The summed E-state index contributed by atoms with van der Waals surface area (Å²) in [6, 6.07) is 8.46. The van der Waals surface area contributed by atoms with Crippen molar-refractivity contribution < 1.29 is 9.53 Å². The van der Waals surface area contributed by atoms with Gasteiger partial charge in [-0.1, -0.05) is 36.2 Å². The number of piperidine rings is 1. The number of aryl methyl sites for hydroxylation is 1. The van der Waals surface area contributed by atoms with Crippen molar-refractivity contribution in [3.8, 4) is 0 Å². The molecule has 4 nitrogen and oxygen atoms in total. The summed E-state index contributed by atoms with van der Waals surface area (Å²) >= 11 is 0. The minimum atomic E-state index is -0.516. The number of benzene rings is 1. The Bertz CT molecular complexity index is 476. The molecule has 0 bridgehead atoms. The lowest BCUT2D eigenvalue weighted by Crippen LogP contribution is -2.45. The van der Waals surface area contributed by atoms with Crippen molar-refractivity contribution in [3.05, 3.63) is 35.4 Å². The van der Waals surface area contributed by atoms with Crippen LogP contribution in [0.15, 0.2) is 24.3 Å². The van der Waals surface area contributed by atoms with Gasteiger partial charge < -0.3 is 10.5 Å². The number of hydrogen-bond donors (Lipinski definition) is 1. The minimum absolute atomic E-state index is 0.309. The first kappa shape index (κ1) is 16.0. The zero-order chi connectivity index (χ0) is 15.2. The van der Waals surface area contributed by atoms with E-state index in [2.05, 4.69) is 36.1 Å². The lowest BCUT2D eigenvalue weighted by Gasteiger charge is -2.36. The Hall–Kier alpha value is -1.39. The summed E-state index contributed by atoms with van der Waals surface area (Å²) in [5.41, 5.74) is 8.55. The van der Waals surface area contributed by atoms with Gasteiger partial charge in [-0.15, -0.1) is 0 Å². The molecule has 0 saturated carbocycles. The van der Waals surface area contributed by atoms with Gasteiger partial charge in [0.25, 0.3) is 0 Å². The monoisotopic (exact) mass is 290 g/mol. The number of carbonyl (C=O) groups is 1. The summed E-state index contributed by atoms with van der Waals surface area (Å²) in [5.74, 6) is -0.309. The van der Waals surface area contributed by atoms with E-state index in [4.69, 9.17) is 10.5 Å². The topological polar surface area (TPSA) is 55.6 Å². The fourth-order valence-electron chi connectivity index (χ4n) is 3.12. The quantitative estimate of drug-likeness (QED) is 0.845. The average Bonchev–Trinajstić information content (AvgIpc) is 2.48. The van der Waals surface area contributed by atoms with Crippen molar-refractivity contribution in [1.29, 1.82) is 0 Å². The molecule has 1 heterocycles. The Morgan fingerprint density at radius 1 is 1.48 bits per heavy atom. The van der Waals surface area contributed by atoms with E-state index in [1.54, 1.807) is 0 Å². The standard InChI is InChI=1S/C17H26N2O2/c1-13-6-5-7-14(10-13)12-19-9-4-3-8-15(19)11-16(18)17(20)21-2/h5-7,10,15-16H,3-4,8-9,11-12,18H2,1-2H3. The number of nitrogens with two attached hydrogens (primary N) is 1. The SMILES string of the molecule is COC(=O)C(N)CC1CCCCN1Cc1cccc(C)c1. The van der Waals surface area contributed by atoms with Crippen LogP contribution < -0.4 is 5.73 Å². The first-order valence-electron chi connectivity index (χ1n) is 7.73. The van der Waals surface area contributed by atoms with Gasteiger partial charge in [0.1, 0.15) is 6.04 Å². The summed E-state index contributed by atoms with van der Waals surface area (Å²) in [7, 11) is 1.40. The minimum Gasteiger partial charge on any atom is -0.468 e. The van der Waals surface area contributed by atoms with E-state index in [1.807, 2.05) is 0 Å². The predicted molar refractivity (Wildman–Crippen MR) is 83.8 cm³/mol. The Morgan fingerprint density at radius 3 is 3.00 bits per heavy atom. The Kier molecular flexibility index (Phi) is 5.76. The van der Waals surface area contributed by atoms with Crippen molar-refractivity contribution in [2.24, 2.45) is 5.73 Å². The molecule has 2 N–H and O–H groups in total. The van der Waals surface area contributed by atoms with Crippen LogP contribution in [0.4, 0.5) is 0 Å². The zero-order valence-corrected chi connectivity index (χ0v) is 13.0. The van der Waals surface area contributed by atoms with Crippen molar-refractivity contribution in [2.45, 2.75) is 51.2 Å². The maximum atomic E-state index is 11.5. The summed E-state index contributed by atoms with van der Waals surface area (Å²) < 4.78 is 4.74. The van der Waals surface area contributed by atoms with E-state index in [1.165, 1.54) is 31.1 Å². The molecule has 4 heteroatoms. The van der Waals surface area contributed by atoms with Crippen LogP contribution in [-0.4, -0.2) is 36.6 Å². The maximum absolute atomic E-state index is 11.5. The van der Waals surface area contributed by atoms with Gasteiger partial charge in [0.15, 0.2) is 0 Å². The number of nitrogens with zero attached hydrogens (tertiary/aromatic N) is 1. The second-order valence-electron chi connectivity index (χ2n) is 5.97. The molecule has 1 aromatic rings. The average molecular weight is 290 g/mol. The predicted octanol–water partition coefficient (Wildman–Crippen LogP) is 2.24. The van der Waals surface area contributed by atoms with Crippen LogP contribution in [0.2, 0.25) is 0 Å². The van der Waals surface area contributed by atoms with Crippen molar-refractivity contribution >= 4 is 5.97 Å².